The van der Waals surface area contributed by atoms with E-state index in [4.69, 9.17) is 0 Å². The first kappa shape index (κ1) is 17.1. The minimum atomic E-state index is -4.34. The van der Waals surface area contributed by atoms with E-state index in [2.05, 4.69) is 27.5 Å². The molecule has 1 heterocycles. The van der Waals surface area contributed by atoms with E-state index in [0.29, 0.717) is 17.5 Å². The monoisotopic (exact) mass is 324 g/mol. The standard InChI is InChI=1S/C16H19F3N4/c1-4-10(2)20-14-9-11(3)21-15(23-14)22-13-7-5-12(6-8-13)16(17,18)19/h5-10H,4H2,1-3H3,(H2,20,21,22,23). The Bertz CT molecular complexity index is 653. The Labute approximate surface area is 133 Å². The molecule has 1 unspecified atom stereocenters. The molecule has 124 valence electrons. The highest BCUT2D eigenvalue weighted by molar-refractivity contribution is 5.56. The molecule has 0 fully saturated rings. The Morgan fingerprint density at radius 3 is 2.35 bits per heavy atom. The number of anilines is 3. The molecule has 0 saturated carbocycles. The van der Waals surface area contributed by atoms with Crippen molar-refractivity contribution in [3.05, 3.63) is 41.6 Å². The number of hydrogen-bond donors (Lipinski definition) is 2. The van der Waals surface area contributed by atoms with E-state index in [-0.39, 0.29) is 6.04 Å². The van der Waals surface area contributed by atoms with Crippen LogP contribution in [-0.4, -0.2) is 16.0 Å². The molecule has 0 saturated heterocycles. The molecule has 0 aliphatic rings. The van der Waals surface area contributed by atoms with Gasteiger partial charge in [0.1, 0.15) is 5.82 Å². The number of aromatic nitrogens is 2. The summed E-state index contributed by atoms with van der Waals surface area (Å²) in [7, 11) is 0. The Hall–Kier alpha value is -2.31. The van der Waals surface area contributed by atoms with Crippen molar-refractivity contribution in [2.45, 2.75) is 39.4 Å². The van der Waals surface area contributed by atoms with Crippen LogP contribution in [0.15, 0.2) is 30.3 Å². The van der Waals surface area contributed by atoms with Crippen molar-refractivity contribution in [3.63, 3.8) is 0 Å². The van der Waals surface area contributed by atoms with Gasteiger partial charge in [0.25, 0.3) is 0 Å². The molecule has 23 heavy (non-hydrogen) atoms. The van der Waals surface area contributed by atoms with Gasteiger partial charge in [-0.05, 0) is 44.5 Å². The molecule has 0 amide bonds. The molecule has 0 bridgehead atoms. The summed E-state index contributed by atoms with van der Waals surface area (Å²) in [6.45, 7) is 5.94. The molecule has 2 rings (SSSR count). The summed E-state index contributed by atoms with van der Waals surface area (Å²) >= 11 is 0. The van der Waals surface area contributed by atoms with Gasteiger partial charge in [-0.3, -0.25) is 0 Å². The number of nitrogens with zero attached hydrogens (tertiary/aromatic N) is 2. The van der Waals surface area contributed by atoms with Gasteiger partial charge >= 0.3 is 6.18 Å². The zero-order valence-corrected chi connectivity index (χ0v) is 13.2. The van der Waals surface area contributed by atoms with E-state index in [0.717, 1.165) is 24.2 Å². The van der Waals surface area contributed by atoms with E-state index in [1.165, 1.54) is 12.1 Å². The zero-order valence-electron chi connectivity index (χ0n) is 13.2. The van der Waals surface area contributed by atoms with Gasteiger partial charge in [-0.2, -0.15) is 18.2 Å². The summed E-state index contributed by atoms with van der Waals surface area (Å²) < 4.78 is 37.7. The first-order chi connectivity index (χ1) is 10.8. The SMILES string of the molecule is CCC(C)Nc1cc(C)nc(Nc2ccc(C(F)(F)F)cc2)n1. The molecule has 0 radical (unpaired) electrons. The van der Waals surface area contributed by atoms with Crippen LogP contribution in [0.1, 0.15) is 31.5 Å². The lowest BCUT2D eigenvalue weighted by Crippen LogP contribution is -2.15. The van der Waals surface area contributed by atoms with Crippen LogP contribution in [-0.2, 0) is 6.18 Å². The molecule has 2 N–H and O–H groups in total. The topological polar surface area (TPSA) is 49.8 Å². The molecule has 0 aliphatic heterocycles. The van der Waals surface area contributed by atoms with Crippen molar-refractivity contribution in [1.29, 1.82) is 0 Å². The average Bonchev–Trinajstić information content (AvgIpc) is 2.46. The predicted octanol–water partition coefficient (Wildman–Crippen LogP) is 4.76. The van der Waals surface area contributed by atoms with Crippen LogP contribution in [0.3, 0.4) is 0 Å². The first-order valence-corrected chi connectivity index (χ1v) is 7.34. The van der Waals surface area contributed by atoms with Crippen molar-refractivity contribution < 1.29 is 13.2 Å². The molecule has 1 aromatic carbocycles. The molecule has 0 aliphatic carbocycles. The number of benzene rings is 1. The quantitative estimate of drug-likeness (QED) is 0.833. The van der Waals surface area contributed by atoms with Gasteiger partial charge in [0, 0.05) is 23.5 Å². The van der Waals surface area contributed by atoms with E-state index < -0.39 is 11.7 Å². The van der Waals surface area contributed by atoms with Crippen LogP contribution < -0.4 is 10.6 Å². The zero-order chi connectivity index (χ0) is 17.0. The van der Waals surface area contributed by atoms with Crippen LogP contribution in [0.5, 0.6) is 0 Å². The van der Waals surface area contributed by atoms with Gasteiger partial charge in [-0.25, -0.2) is 4.98 Å². The van der Waals surface area contributed by atoms with Crippen molar-refractivity contribution in [2.75, 3.05) is 10.6 Å². The number of hydrogen-bond acceptors (Lipinski definition) is 4. The van der Waals surface area contributed by atoms with E-state index in [1.807, 2.05) is 19.9 Å². The summed E-state index contributed by atoms with van der Waals surface area (Å²) in [5.74, 6) is 1.02. The summed E-state index contributed by atoms with van der Waals surface area (Å²) in [4.78, 5) is 8.58. The lowest BCUT2D eigenvalue weighted by atomic mass is 10.2. The van der Waals surface area contributed by atoms with E-state index in [1.54, 1.807) is 0 Å². The maximum atomic E-state index is 12.6. The van der Waals surface area contributed by atoms with Gasteiger partial charge in [0.2, 0.25) is 5.95 Å². The van der Waals surface area contributed by atoms with Crippen molar-refractivity contribution >= 4 is 17.5 Å². The maximum absolute atomic E-state index is 12.6. The highest BCUT2D eigenvalue weighted by Crippen LogP contribution is 2.30. The minimum Gasteiger partial charge on any atom is -0.367 e. The molecular formula is C16H19F3N4. The second-order valence-electron chi connectivity index (χ2n) is 5.37. The molecule has 7 heteroatoms. The fourth-order valence-corrected chi connectivity index (χ4v) is 1.92. The summed E-state index contributed by atoms with van der Waals surface area (Å²) in [5.41, 5.74) is 0.575. The third kappa shape index (κ3) is 4.84. The highest BCUT2D eigenvalue weighted by atomic mass is 19.4. The summed E-state index contributed by atoms with van der Waals surface area (Å²) in [5, 5.41) is 6.17. The van der Waals surface area contributed by atoms with Gasteiger partial charge in [0.15, 0.2) is 0 Å². The Balaban J connectivity index is 2.16. The maximum Gasteiger partial charge on any atom is 0.416 e. The molecule has 1 atom stereocenters. The Morgan fingerprint density at radius 1 is 1.13 bits per heavy atom. The molecule has 1 aromatic heterocycles. The Morgan fingerprint density at radius 2 is 1.78 bits per heavy atom. The fraction of sp³-hybridized carbons (Fsp3) is 0.375. The van der Waals surface area contributed by atoms with Crippen LogP contribution in [0.2, 0.25) is 0 Å². The number of aryl methyl sites for hydroxylation is 1. The summed E-state index contributed by atoms with van der Waals surface area (Å²) in [6, 6.07) is 6.85. The highest BCUT2D eigenvalue weighted by Gasteiger charge is 2.29. The largest absolute Gasteiger partial charge is 0.416 e. The van der Waals surface area contributed by atoms with E-state index in [9.17, 15) is 13.2 Å². The van der Waals surface area contributed by atoms with Crippen LogP contribution in [0.25, 0.3) is 0 Å². The second kappa shape index (κ2) is 6.85. The Kier molecular flexibility index (Phi) is 5.08. The van der Waals surface area contributed by atoms with E-state index >= 15 is 0 Å². The number of halogens is 3. The number of rotatable bonds is 5. The van der Waals surface area contributed by atoms with Crippen LogP contribution in [0.4, 0.5) is 30.6 Å². The van der Waals surface area contributed by atoms with Gasteiger partial charge < -0.3 is 10.6 Å². The molecule has 0 spiro atoms. The molecular weight excluding hydrogens is 305 g/mol. The van der Waals surface area contributed by atoms with Crippen molar-refractivity contribution in [1.82, 2.24) is 9.97 Å². The van der Waals surface area contributed by atoms with Gasteiger partial charge in [-0.1, -0.05) is 6.92 Å². The molecule has 4 nitrogen and oxygen atoms in total. The average molecular weight is 324 g/mol. The third-order valence-corrected chi connectivity index (χ3v) is 3.33. The first-order valence-electron chi connectivity index (χ1n) is 7.34. The lowest BCUT2D eigenvalue weighted by molar-refractivity contribution is -0.137. The van der Waals surface area contributed by atoms with Gasteiger partial charge in [-0.15, -0.1) is 0 Å². The third-order valence-electron chi connectivity index (χ3n) is 3.33. The van der Waals surface area contributed by atoms with Crippen LogP contribution >= 0.6 is 0 Å². The number of nitrogens with one attached hydrogen (secondary N) is 2. The van der Waals surface area contributed by atoms with Crippen LogP contribution in [0, 0.1) is 6.92 Å². The fourth-order valence-electron chi connectivity index (χ4n) is 1.92. The predicted molar refractivity (Wildman–Crippen MR) is 84.9 cm³/mol. The summed E-state index contributed by atoms with van der Waals surface area (Å²) in [6.07, 6.45) is -3.39. The normalized spacial score (nSPS) is 12.8. The number of alkyl halides is 3. The molecule has 2 aromatic rings. The second-order valence-corrected chi connectivity index (χ2v) is 5.37. The van der Waals surface area contributed by atoms with Crippen molar-refractivity contribution in [2.24, 2.45) is 0 Å². The van der Waals surface area contributed by atoms with Gasteiger partial charge in [0.05, 0.1) is 5.56 Å². The smallest absolute Gasteiger partial charge is 0.367 e. The lowest BCUT2D eigenvalue weighted by Gasteiger charge is -2.14. The van der Waals surface area contributed by atoms with Crippen molar-refractivity contribution in [3.8, 4) is 0 Å². The minimum absolute atomic E-state index is 0.267.